The Balaban J connectivity index is 2.11. The number of hydrogen-bond donors (Lipinski definition) is 3. The van der Waals surface area contributed by atoms with Crippen LogP contribution in [0.4, 0.5) is 0 Å². The molecule has 7 nitrogen and oxygen atoms in total. The maximum Gasteiger partial charge on any atom is 0.319 e. The van der Waals surface area contributed by atoms with Crippen molar-refractivity contribution in [1.29, 1.82) is 0 Å². The number of fused-ring (bicyclic) bond motifs is 1. The van der Waals surface area contributed by atoms with Gasteiger partial charge in [0, 0.05) is 18.9 Å². The third-order valence-corrected chi connectivity index (χ3v) is 4.47. The van der Waals surface area contributed by atoms with Gasteiger partial charge in [0.15, 0.2) is 5.79 Å². The molecule has 17 heavy (non-hydrogen) atoms. The predicted octanol–water partition coefficient (Wildman–Crippen LogP) is 0.642. The molecule has 2 fully saturated rings. The maximum atomic E-state index is 10.8. The van der Waals surface area contributed by atoms with Crippen LogP contribution in [-0.4, -0.2) is 28.2 Å². The van der Waals surface area contributed by atoms with Gasteiger partial charge in [-0.3, -0.25) is 18.2 Å². The summed E-state index contributed by atoms with van der Waals surface area (Å²) < 4.78 is 31.5. The Labute approximate surface area is 100 Å². The molecule has 0 aromatic carbocycles. The molecule has 0 bridgehead atoms. The van der Waals surface area contributed by atoms with Crippen molar-refractivity contribution in [3.05, 3.63) is 0 Å². The van der Waals surface area contributed by atoms with Gasteiger partial charge in [-0.15, -0.1) is 0 Å². The summed E-state index contributed by atoms with van der Waals surface area (Å²) in [6.45, 7) is 0.889. The molecule has 1 saturated carbocycles. The van der Waals surface area contributed by atoms with Gasteiger partial charge in [0.25, 0.3) is 0 Å². The molecule has 1 heterocycles. The molecule has 1 saturated heterocycles. The van der Waals surface area contributed by atoms with E-state index in [-0.39, 0.29) is 12.0 Å². The van der Waals surface area contributed by atoms with Gasteiger partial charge in [0.1, 0.15) is 0 Å². The minimum atomic E-state index is -3.20. The number of hydrogen-bond acceptors (Lipinski definition) is 5. The average molecular weight is 285 g/mol. The highest BCUT2D eigenvalue weighted by atomic mass is 31.1. The van der Waals surface area contributed by atoms with E-state index in [0.29, 0.717) is 12.8 Å². The summed E-state index contributed by atoms with van der Waals surface area (Å²) in [5, 5.41) is 3.28. The van der Waals surface area contributed by atoms with E-state index in [1.54, 1.807) is 0 Å². The summed E-state index contributed by atoms with van der Waals surface area (Å²) in [5.41, 5.74) is 0. The minimum absolute atomic E-state index is 0.131. The molecule has 2 aliphatic rings. The largest absolute Gasteiger partial charge is 0.326 e. The van der Waals surface area contributed by atoms with E-state index in [4.69, 9.17) is 18.8 Å². The first-order valence-corrected chi connectivity index (χ1v) is 8.11. The molecule has 1 aliphatic heterocycles. The van der Waals surface area contributed by atoms with Crippen LogP contribution < -0.4 is 5.32 Å². The van der Waals surface area contributed by atoms with Crippen LogP contribution in [0.5, 0.6) is 0 Å². The molecule has 0 amide bonds. The summed E-state index contributed by atoms with van der Waals surface area (Å²) >= 11 is 0. The third kappa shape index (κ3) is 3.38. The van der Waals surface area contributed by atoms with E-state index in [0.717, 1.165) is 19.4 Å². The summed E-state index contributed by atoms with van der Waals surface area (Å²) in [4.78, 5) is 17.8. The van der Waals surface area contributed by atoms with E-state index in [1.165, 1.54) is 0 Å². The zero-order valence-electron chi connectivity index (χ0n) is 9.22. The Morgan fingerprint density at radius 2 is 1.82 bits per heavy atom. The second-order valence-corrected chi connectivity index (χ2v) is 5.99. The molecule has 0 radical (unpaired) electrons. The first-order valence-electron chi connectivity index (χ1n) is 5.58. The average Bonchev–Trinajstić information content (AvgIpc) is 2.52. The van der Waals surface area contributed by atoms with Crippen LogP contribution in [0.25, 0.3) is 0 Å². The van der Waals surface area contributed by atoms with E-state index in [9.17, 15) is 9.13 Å². The van der Waals surface area contributed by atoms with Gasteiger partial charge >= 0.3 is 16.5 Å². The van der Waals surface area contributed by atoms with E-state index in [1.807, 2.05) is 0 Å². The van der Waals surface area contributed by atoms with Gasteiger partial charge in [0.2, 0.25) is 0 Å². The van der Waals surface area contributed by atoms with Gasteiger partial charge < -0.3 is 15.1 Å². The van der Waals surface area contributed by atoms with E-state index < -0.39 is 22.3 Å². The summed E-state index contributed by atoms with van der Waals surface area (Å²) in [6.07, 6.45) is 2.73. The highest BCUT2D eigenvalue weighted by molar-refractivity contribution is 7.33. The maximum absolute atomic E-state index is 10.8. The fourth-order valence-electron chi connectivity index (χ4n) is 2.83. The van der Waals surface area contributed by atoms with Gasteiger partial charge in [-0.1, -0.05) is 0 Å². The molecule has 0 spiro atoms. The molecule has 100 valence electrons. The van der Waals surface area contributed by atoms with E-state index in [2.05, 4.69) is 5.32 Å². The molecule has 4 atom stereocenters. The van der Waals surface area contributed by atoms with Crippen molar-refractivity contribution < 1.29 is 28.0 Å². The van der Waals surface area contributed by atoms with Crippen molar-refractivity contribution in [1.82, 2.24) is 5.32 Å². The van der Waals surface area contributed by atoms with Crippen molar-refractivity contribution in [2.75, 3.05) is 6.54 Å². The smallest absolute Gasteiger partial charge is 0.319 e. The number of nitrogens with one attached hydrogen (secondary N) is 1. The van der Waals surface area contributed by atoms with Crippen molar-refractivity contribution in [3.8, 4) is 0 Å². The SMILES string of the molecule is O=[PH](O)OC1(O[PH](=O)O)C[C@@H]2CCCN[C@@H]2C1. The molecular formula is C8H17NO6P2. The molecule has 1 aliphatic carbocycles. The lowest BCUT2D eigenvalue weighted by Gasteiger charge is -2.26. The van der Waals surface area contributed by atoms with Crippen molar-refractivity contribution >= 4 is 16.5 Å². The van der Waals surface area contributed by atoms with Crippen LogP contribution in [0.2, 0.25) is 0 Å². The second-order valence-electron chi connectivity index (χ2n) is 4.52. The summed E-state index contributed by atoms with van der Waals surface area (Å²) in [6, 6.07) is 0.131. The lowest BCUT2D eigenvalue weighted by atomic mass is 9.94. The predicted molar refractivity (Wildman–Crippen MR) is 61.1 cm³/mol. The quantitative estimate of drug-likeness (QED) is 0.514. The zero-order chi connectivity index (χ0) is 12.5. The Hall–Kier alpha value is 0.260. The van der Waals surface area contributed by atoms with Crippen molar-refractivity contribution in [3.63, 3.8) is 0 Å². The lowest BCUT2D eigenvalue weighted by molar-refractivity contribution is -0.112. The van der Waals surface area contributed by atoms with Crippen LogP contribution in [0.1, 0.15) is 25.7 Å². The fraction of sp³-hybridized carbons (Fsp3) is 1.00. The zero-order valence-corrected chi connectivity index (χ0v) is 11.2. The summed E-state index contributed by atoms with van der Waals surface area (Å²) in [5.74, 6) is -1.10. The van der Waals surface area contributed by atoms with Crippen LogP contribution >= 0.6 is 16.5 Å². The molecule has 3 N–H and O–H groups in total. The van der Waals surface area contributed by atoms with Gasteiger partial charge in [-0.05, 0) is 25.3 Å². The first kappa shape index (κ1) is 13.7. The van der Waals surface area contributed by atoms with Crippen molar-refractivity contribution in [2.24, 2.45) is 5.92 Å². The van der Waals surface area contributed by atoms with Crippen LogP contribution in [-0.2, 0) is 18.2 Å². The fourth-order valence-corrected chi connectivity index (χ4v) is 3.96. The Morgan fingerprint density at radius 1 is 1.18 bits per heavy atom. The van der Waals surface area contributed by atoms with Crippen LogP contribution in [0, 0.1) is 5.92 Å². The highest BCUT2D eigenvalue weighted by Crippen LogP contribution is 2.49. The molecular weight excluding hydrogens is 268 g/mol. The molecule has 0 aromatic heterocycles. The van der Waals surface area contributed by atoms with E-state index >= 15 is 0 Å². The number of piperidine rings is 1. The Kier molecular flexibility index (Phi) is 4.42. The normalized spacial score (nSPS) is 40.8. The Bertz CT molecular complexity index is 306. The first-order chi connectivity index (χ1) is 8.01. The number of rotatable bonds is 4. The topological polar surface area (TPSA) is 105 Å². The summed E-state index contributed by atoms with van der Waals surface area (Å²) in [7, 11) is -6.40. The molecule has 2 unspecified atom stereocenters. The third-order valence-electron chi connectivity index (χ3n) is 3.38. The van der Waals surface area contributed by atoms with Gasteiger partial charge in [-0.2, -0.15) is 0 Å². The van der Waals surface area contributed by atoms with Gasteiger partial charge in [0.05, 0.1) is 0 Å². The van der Waals surface area contributed by atoms with Gasteiger partial charge in [-0.25, -0.2) is 0 Å². The lowest BCUT2D eigenvalue weighted by Crippen LogP contribution is -2.38. The molecule has 9 heteroatoms. The standard InChI is InChI=1S/C8H17NO6P2/c10-16(11)14-8(15-17(12)13)4-6-2-1-3-9-7(6)5-8/h6-7,9,16-17H,1-5H2,(H,10,11)(H,12,13)/t6-,7+/m0/s1. The molecule has 2 rings (SSSR count). The van der Waals surface area contributed by atoms with Crippen LogP contribution in [0.15, 0.2) is 0 Å². The van der Waals surface area contributed by atoms with Crippen molar-refractivity contribution in [2.45, 2.75) is 37.5 Å². The second kappa shape index (κ2) is 5.49. The Morgan fingerprint density at radius 3 is 2.35 bits per heavy atom. The monoisotopic (exact) mass is 285 g/mol. The minimum Gasteiger partial charge on any atom is -0.326 e. The highest BCUT2D eigenvalue weighted by Gasteiger charge is 2.49. The molecule has 0 aromatic rings. The van der Waals surface area contributed by atoms with Crippen LogP contribution in [0.3, 0.4) is 0 Å².